The molecule has 6 nitrogen and oxygen atoms in total. The number of hydrogen-bond donors (Lipinski definition) is 1. The summed E-state index contributed by atoms with van der Waals surface area (Å²) in [6, 6.07) is 12.4. The summed E-state index contributed by atoms with van der Waals surface area (Å²) in [4.78, 5) is 11.7. The first-order chi connectivity index (χ1) is 13.8. The lowest BCUT2D eigenvalue weighted by Crippen LogP contribution is -2.33. The second-order valence-electron chi connectivity index (χ2n) is 6.48. The number of rotatable bonds is 10. The Morgan fingerprint density at radius 3 is 2.17 bits per heavy atom. The third-order valence-electron chi connectivity index (χ3n) is 4.22. The van der Waals surface area contributed by atoms with Gasteiger partial charge in [-0.05, 0) is 54.7 Å². The minimum Gasteiger partial charge on any atom is -0.468 e. The molecule has 29 heavy (non-hydrogen) atoms. The van der Waals surface area contributed by atoms with Crippen molar-refractivity contribution in [1.82, 2.24) is 0 Å². The minimum atomic E-state index is -3.28. The Balaban J connectivity index is 2.44. The lowest BCUT2D eigenvalue weighted by Gasteiger charge is -2.19. The first-order valence-corrected chi connectivity index (χ1v) is 11.5. The average molecular weight is 440 g/mol. The first kappa shape index (κ1) is 23.6. The maximum Gasteiger partial charge on any atom is 0.335 e. The molecule has 0 aliphatic heterocycles. The first-order valence-electron chi connectivity index (χ1n) is 9.40. The van der Waals surface area contributed by atoms with Gasteiger partial charge in [-0.25, -0.2) is 0 Å². The van der Waals surface area contributed by atoms with Crippen molar-refractivity contribution in [2.45, 2.75) is 32.5 Å². The van der Waals surface area contributed by atoms with Crippen molar-refractivity contribution >= 4 is 25.2 Å². The zero-order valence-corrected chi connectivity index (χ0v) is 18.5. The Kier molecular flexibility index (Phi) is 8.87. The molecule has 8 heteroatoms. The van der Waals surface area contributed by atoms with Crippen LogP contribution in [0.3, 0.4) is 0 Å². The van der Waals surface area contributed by atoms with Gasteiger partial charge in [-0.3, -0.25) is 9.36 Å². The maximum absolute atomic E-state index is 13.0. The molecule has 158 valence electrons. The summed E-state index contributed by atoms with van der Waals surface area (Å²) < 4.78 is 28.6. The van der Waals surface area contributed by atoms with Gasteiger partial charge in [0.15, 0.2) is 0 Å². The van der Waals surface area contributed by atoms with Crippen LogP contribution in [0.15, 0.2) is 42.5 Å². The van der Waals surface area contributed by atoms with Crippen molar-refractivity contribution in [2.75, 3.05) is 20.3 Å². The molecule has 0 radical (unpaired) electrons. The molecule has 1 unspecified atom stereocenters. The van der Waals surface area contributed by atoms with E-state index in [1.165, 1.54) is 7.11 Å². The number of carbonyl (C=O) groups excluding carboxylic acids is 1. The molecule has 0 aliphatic rings. The second kappa shape index (κ2) is 10.9. The van der Waals surface area contributed by atoms with Crippen molar-refractivity contribution in [3.63, 3.8) is 0 Å². The van der Waals surface area contributed by atoms with Crippen molar-refractivity contribution in [1.29, 1.82) is 0 Å². The number of hydrogen-bond acceptors (Lipinski definition) is 6. The summed E-state index contributed by atoms with van der Waals surface area (Å²) in [7, 11) is -1.98. The fourth-order valence-electron chi connectivity index (χ4n) is 3.01. The van der Waals surface area contributed by atoms with E-state index in [1.807, 2.05) is 30.3 Å². The Morgan fingerprint density at radius 2 is 1.62 bits per heavy atom. The van der Waals surface area contributed by atoms with E-state index in [4.69, 9.17) is 31.1 Å². The monoisotopic (exact) mass is 439 g/mol. The van der Waals surface area contributed by atoms with Crippen molar-refractivity contribution in [2.24, 2.45) is 5.73 Å². The summed E-state index contributed by atoms with van der Waals surface area (Å²) in [5, 5.41) is 0.634. The fraction of sp³-hybridized carbons (Fsp3) is 0.381. The Labute approximate surface area is 176 Å². The lowest BCUT2D eigenvalue weighted by molar-refractivity contribution is -0.142. The standard InChI is InChI=1S/C21H27ClNO5P/c1-4-27-29(25,28-5-2)14-16-10-15(13-20(23)21(24)26-3)11-18(12-16)17-6-8-19(22)9-7-17/h6-12,20H,4-5,13-14,23H2,1-3H3. The summed E-state index contributed by atoms with van der Waals surface area (Å²) >= 11 is 6.00. The minimum absolute atomic E-state index is 0.122. The van der Waals surface area contributed by atoms with Gasteiger partial charge in [0, 0.05) is 5.02 Å². The molecule has 0 amide bonds. The molecular weight excluding hydrogens is 413 g/mol. The molecule has 2 rings (SSSR count). The molecule has 0 saturated heterocycles. The Morgan fingerprint density at radius 1 is 1.03 bits per heavy atom. The van der Waals surface area contributed by atoms with Crippen LogP contribution in [0.5, 0.6) is 0 Å². The normalized spacial score (nSPS) is 12.6. The van der Waals surface area contributed by atoms with Gasteiger partial charge >= 0.3 is 13.6 Å². The predicted molar refractivity (Wildman–Crippen MR) is 115 cm³/mol. The SMILES string of the molecule is CCOP(=O)(Cc1cc(CC(N)C(=O)OC)cc(-c2ccc(Cl)cc2)c1)OCC. The number of ether oxygens (including phenoxy) is 1. The van der Waals surface area contributed by atoms with Gasteiger partial charge in [-0.1, -0.05) is 41.9 Å². The fourth-order valence-corrected chi connectivity index (χ4v) is 4.81. The highest BCUT2D eigenvalue weighted by molar-refractivity contribution is 7.53. The lowest BCUT2D eigenvalue weighted by atomic mass is 9.97. The summed E-state index contributed by atoms with van der Waals surface area (Å²) in [6.07, 6.45) is 0.408. The molecule has 0 spiro atoms. The number of carbonyl (C=O) groups is 1. The van der Waals surface area contributed by atoms with E-state index in [0.29, 0.717) is 5.02 Å². The summed E-state index contributed by atoms with van der Waals surface area (Å²) in [6.45, 7) is 4.12. The predicted octanol–water partition coefficient (Wildman–Crippen LogP) is 4.82. The molecule has 2 aromatic carbocycles. The number of esters is 1. The van der Waals surface area contributed by atoms with Crippen molar-refractivity contribution < 1.29 is 23.1 Å². The maximum atomic E-state index is 13.0. The van der Waals surface area contributed by atoms with Crippen LogP contribution in [-0.4, -0.2) is 32.3 Å². The Bertz CT molecular complexity index is 862. The average Bonchev–Trinajstić information content (AvgIpc) is 2.67. The number of methoxy groups -OCH3 is 1. The van der Waals surface area contributed by atoms with E-state index in [2.05, 4.69) is 0 Å². The van der Waals surface area contributed by atoms with E-state index in [1.54, 1.807) is 26.0 Å². The van der Waals surface area contributed by atoms with Crippen LogP contribution in [0.2, 0.25) is 5.02 Å². The van der Waals surface area contributed by atoms with Crippen LogP contribution in [0.1, 0.15) is 25.0 Å². The molecule has 0 bridgehead atoms. The van der Waals surface area contributed by atoms with Crippen LogP contribution in [0.25, 0.3) is 11.1 Å². The molecule has 0 heterocycles. The van der Waals surface area contributed by atoms with Gasteiger partial charge in [-0.15, -0.1) is 0 Å². The van der Waals surface area contributed by atoms with Gasteiger partial charge < -0.3 is 19.5 Å². The van der Waals surface area contributed by atoms with Crippen molar-refractivity contribution in [3.8, 4) is 11.1 Å². The smallest absolute Gasteiger partial charge is 0.335 e. The second-order valence-corrected chi connectivity index (χ2v) is 8.97. The molecular formula is C21H27ClNO5P. The Hall–Kier alpha value is -1.69. The molecule has 2 N–H and O–H groups in total. The molecule has 0 fully saturated rings. The van der Waals surface area contributed by atoms with E-state index >= 15 is 0 Å². The quantitative estimate of drug-likeness (QED) is 0.422. The molecule has 0 aliphatic carbocycles. The zero-order valence-electron chi connectivity index (χ0n) is 16.9. The molecule has 1 atom stereocenters. The summed E-state index contributed by atoms with van der Waals surface area (Å²) in [5.41, 5.74) is 9.37. The van der Waals surface area contributed by atoms with Crippen molar-refractivity contribution in [3.05, 3.63) is 58.6 Å². The van der Waals surface area contributed by atoms with Gasteiger partial charge in [0.05, 0.1) is 26.5 Å². The van der Waals surface area contributed by atoms with Gasteiger partial charge in [-0.2, -0.15) is 0 Å². The highest BCUT2D eigenvalue weighted by Crippen LogP contribution is 2.51. The van der Waals surface area contributed by atoms with Gasteiger partial charge in [0.25, 0.3) is 0 Å². The molecule has 2 aromatic rings. The van der Waals surface area contributed by atoms with Gasteiger partial charge in [0.1, 0.15) is 6.04 Å². The largest absolute Gasteiger partial charge is 0.468 e. The van der Waals surface area contributed by atoms with Gasteiger partial charge in [0.2, 0.25) is 0 Å². The molecule has 0 saturated carbocycles. The van der Waals surface area contributed by atoms with E-state index in [-0.39, 0.29) is 25.8 Å². The highest BCUT2D eigenvalue weighted by atomic mass is 35.5. The number of benzene rings is 2. The topological polar surface area (TPSA) is 87.9 Å². The number of nitrogens with two attached hydrogens (primary N) is 1. The van der Waals surface area contributed by atoms with Crippen LogP contribution in [-0.2, 0) is 35.7 Å². The van der Waals surface area contributed by atoms with Crippen LogP contribution >= 0.6 is 19.2 Å². The zero-order chi connectivity index (χ0) is 21.4. The van der Waals surface area contributed by atoms with E-state index < -0.39 is 19.6 Å². The number of halogens is 1. The third-order valence-corrected chi connectivity index (χ3v) is 6.53. The highest BCUT2D eigenvalue weighted by Gasteiger charge is 2.25. The van der Waals surface area contributed by atoms with E-state index in [9.17, 15) is 9.36 Å². The van der Waals surface area contributed by atoms with E-state index in [0.717, 1.165) is 22.3 Å². The molecule has 0 aromatic heterocycles. The third kappa shape index (κ3) is 6.95. The summed E-state index contributed by atoms with van der Waals surface area (Å²) in [5.74, 6) is -0.488. The van der Waals surface area contributed by atoms with Crippen LogP contribution in [0, 0.1) is 0 Å². The van der Waals surface area contributed by atoms with Crippen LogP contribution < -0.4 is 5.73 Å². The van der Waals surface area contributed by atoms with Crippen LogP contribution in [0.4, 0.5) is 0 Å².